The number of hydrogen-bond donors (Lipinski definition) is 0. The Labute approximate surface area is 119 Å². The minimum absolute atomic E-state index is 0.751. The van der Waals surface area contributed by atoms with Crippen LogP contribution < -0.4 is 4.74 Å². The van der Waals surface area contributed by atoms with Gasteiger partial charge in [0, 0.05) is 11.0 Å². The molecule has 1 aromatic heterocycles. The molecule has 0 saturated heterocycles. The van der Waals surface area contributed by atoms with Crippen LogP contribution in [0, 0.1) is 6.92 Å². The van der Waals surface area contributed by atoms with E-state index < -0.39 is 0 Å². The molecular weight excluding hydrogens is 290 g/mol. The maximum atomic E-state index is 5.80. The van der Waals surface area contributed by atoms with Crippen LogP contribution in [-0.2, 0) is 5.33 Å². The molecular formula is C15H24BrNO. The first kappa shape index (κ1) is 15.5. The molecule has 0 saturated carbocycles. The molecule has 0 fully saturated rings. The van der Waals surface area contributed by atoms with E-state index in [0.717, 1.165) is 35.5 Å². The molecule has 0 aromatic carbocycles. The van der Waals surface area contributed by atoms with Crippen LogP contribution in [0.3, 0.4) is 0 Å². The summed E-state index contributed by atoms with van der Waals surface area (Å²) >= 11 is 3.45. The molecule has 0 amide bonds. The fourth-order valence-electron chi connectivity index (χ4n) is 1.89. The first-order valence-corrected chi connectivity index (χ1v) is 8.05. The van der Waals surface area contributed by atoms with Gasteiger partial charge in [-0.15, -0.1) is 0 Å². The molecule has 0 N–H and O–H groups in total. The Bertz CT molecular complexity index is 341. The number of unbranched alkanes of at least 4 members (excludes halogenated alkanes) is 5. The zero-order chi connectivity index (χ0) is 13.2. The molecule has 1 rings (SSSR count). The standard InChI is InChI=1S/C15H24BrNO/c1-3-4-5-6-7-8-11-18-15-10-9-13(2)17-14(15)12-16/h9-10H,3-8,11-12H2,1-2H3. The molecule has 0 radical (unpaired) electrons. The van der Waals surface area contributed by atoms with E-state index in [4.69, 9.17) is 4.74 Å². The van der Waals surface area contributed by atoms with Crippen LogP contribution in [0.15, 0.2) is 12.1 Å². The van der Waals surface area contributed by atoms with E-state index in [9.17, 15) is 0 Å². The van der Waals surface area contributed by atoms with E-state index in [1.54, 1.807) is 0 Å². The van der Waals surface area contributed by atoms with Gasteiger partial charge in [0.25, 0.3) is 0 Å². The number of alkyl halides is 1. The summed E-state index contributed by atoms with van der Waals surface area (Å²) in [5.74, 6) is 0.922. The lowest BCUT2D eigenvalue weighted by Gasteiger charge is -2.09. The molecule has 0 atom stereocenters. The normalized spacial score (nSPS) is 10.6. The highest BCUT2D eigenvalue weighted by Crippen LogP contribution is 2.20. The lowest BCUT2D eigenvalue weighted by molar-refractivity contribution is 0.301. The third-order valence-electron chi connectivity index (χ3n) is 2.95. The summed E-state index contributed by atoms with van der Waals surface area (Å²) in [4.78, 5) is 4.46. The Hall–Kier alpha value is -0.570. The zero-order valence-corrected chi connectivity index (χ0v) is 13.1. The molecule has 3 heteroatoms. The Morgan fingerprint density at radius 1 is 1.11 bits per heavy atom. The summed E-state index contributed by atoms with van der Waals surface area (Å²) in [5, 5.41) is 0.751. The first-order valence-electron chi connectivity index (χ1n) is 6.93. The quantitative estimate of drug-likeness (QED) is 0.471. The minimum atomic E-state index is 0.751. The second-order valence-electron chi connectivity index (χ2n) is 4.65. The van der Waals surface area contributed by atoms with Crippen molar-refractivity contribution >= 4 is 15.9 Å². The average Bonchev–Trinajstić information content (AvgIpc) is 2.39. The highest BCUT2D eigenvalue weighted by Gasteiger charge is 2.04. The maximum absolute atomic E-state index is 5.80. The molecule has 0 aliphatic heterocycles. The largest absolute Gasteiger partial charge is 0.492 e. The van der Waals surface area contributed by atoms with Crippen molar-refractivity contribution in [3.05, 3.63) is 23.5 Å². The number of aromatic nitrogens is 1. The molecule has 0 bridgehead atoms. The predicted octanol–water partition coefficient (Wildman–Crippen LogP) is 5.02. The second-order valence-corrected chi connectivity index (χ2v) is 5.21. The molecule has 0 spiro atoms. The van der Waals surface area contributed by atoms with Crippen molar-refractivity contribution < 1.29 is 4.74 Å². The summed E-state index contributed by atoms with van der Waals surface area (Å²) in [5.41, 5.74) is 2.04. The molecule has 1 aromatic rings. The van der Waals surface area contributed by atoms with Crippen molar-refractivity contribution in [2.75, 3.05) is 6.61 Å². The van der Waals surface area contributed by atoms with Gasteiger partial charge in [0.15, 0.2) is 0 Å². The Morgan fingerprint density at radius 3 is 2.56 bits per heavy atom. The number of aryl methyl sites for hydroxylation is 1. The van der Waals surface area contributed by atoms with E-state index in [2.05, 4.69) is 27.8 Å². The maximum Gasteiger partial charge on any atom is 0.141 e. The van der Waals surface area contributed by atoms with E-state index in [0.29, 0.717) is 0 Å². The third-order valence-corrected chi connectivity index (χ3v) is 3.48. The van der Waals surface area contributed by atoms with Gasteiger partial charge in [-0.2, -0.15) is 0 Å². The number of rotatable bonds is 9. The lowest BCUT2D eigenvalue weighted by atomic mass is 10.1. The van der Waals surface area contributed by atoms with Crippen LogP contribution in [0.2, 0.25) is 0 Å². The van der Waals surface area contributed by atoms with E-state index in [1.807, 2.05) is 19.1 Å². The van der Waals surface area contributed by atoms with Crippen LogP contribution in [-0.4, -0.2) is 11.6 Å². The predicted molar refractivity (Wildman–Crippen MR) is 80.5 cm³/mol. The summed E-state index contributed by atoms with van der Waals surface area (Å²) in [6, 6.07) is 4.03. The van der Waals surface area contributed by atoms with Crippen LogP contribution in [0.25, 0.3) is 0 Å². The number of pyridine rings is 1. The van der Waals surface area contributed by atoms with Gasteiger partial charge in [-0.25, -0.2) is 0 Å². The van der Waals surface area contributed by atoms with Crippen molar-refractivity contribution in [1.82, 2.24) is 4.98 Å². The van der Waals surface area contributed by atoms with Gasteiger partial charge in [0.2, 0.25) is 0 Å². The Balaban J connectivity index is 2.22. The van der Waals surface area contributed by atoms with Crippen molar-refractivity contribution in [3.63, 3.8) is 0 Å². The topological polar surface area (TPSA) is 22.1 Å². The lowest BCUT2D eigenvalue weighted by Crippen LogP contribution is -2.01. The van der Waals surface area contributed by atoms with E-state index in [1.165, 1.54) is 32.1 Å². The highest BCUT2D eigenvalue weighted by molar-refractivity contribution is 9.08. The monoisotopic (exact) mass is 313 g/mol. The smallest absolute Gasteiger partial charge is 0.141 e. The molecule has 102 valence electrons. The molecule has 0 aliphatic carbocycles. The van der Waals surface area contributed by atoms with Crippen molar-refractivity contribution in [1.29, 1.82) is 0 Å². The third kappa shape index (κ3) is 5.85. The van der Waals surface area contributed by atoms with Crippen molar-refractivity contribution in [2.24, 2.45) is 0 Å². The molecule has 1 heterocycles. The van der Waals surface area contributed by atoms with Gasteiger partial charge in [0.05, 0.1) is 12.3 Å². The van der Waals surface area contributed by atoms with Gasteiger partial charge in [-0.3, -0.25) is 4.98 Å². The number of halogens is 1. The Kier molecular flexibility index (Phi) is 8.06. The highest BCUT2D eigenvalue weighted by atomic mass is 79.9. The van der Waals surface area contributed by atoms with E-state index in [-0.39, 0.29) is 0 Å². The first-order chi connectivity index (χ1) is 8.77. The van der Waals surface area contributed by atoms with Gasteiger partial charge >= 0.3 is 0 Å². The SMILES string of the molecule is CCCCCCCCOc1ccc(C)nc1CBr. The molecule has 18 heavy (non-hydrogen) atoms. The minimum Gasteiger partial charge on any atom is -0.492 e. The number of nitrogens with zero attached hydrogens (tertiary/aromatic N) is 1. The zero-order valence-electron chi connectivity index (χ0n) is 11.5. The van der Waals surface area contributed by atoms with Gasteiger partial charge in [-0.1, -0.05) is 55.0 Å². The summed E-state index contributed by atoms with van der Waals surface area (Å²) in [6.45, 7) is 5.05. The van der Waals surface area contributed by atoms with Gasteiger partial charge in [0.1, 0.15) is 5.75 Å². The van der Waals surface area contributed by atoms with Crippen LogP contribution in [0.4, 0.5) is 0 Å². The van der Waals surface area contributed by atoms with Gasteiger partial charge in [-0.05, 0) is 25.5 Å². The summed E-state index contributed by atoms with van der Waals surface area (Å²) < 4.78 is 5.80. The van der Waals surface area contributed by atoms with E-state index >= 15 is 0 Å². The second kappa shape index (κ2) is 9.37. The fourth-order valence-corrected chi connectivity index (χ4v) is 2.29. The fraction of sp³-hybridized carbons (Fsp3) is 0.667. The van der Waals surface area contributed by atoms with Crippen LogP contribution >= 0.6 is 15.9 Å². The average molecular weight is 314 g/mol. The number of ether oxygens (including phenoxy) is 1. The molecule has 0 aliphatic rings. The Morgan fingerprint density at radius 2 is 1.83 bits per heavy atom. The van der Waals surface area contributed by atoms with Crippen molar-refractivity contribution in [2.45, 2.75) is 57.7 Å². The van der Waals surface area contributed by atoms with Crippen LogP contribution in [0.1, 0.15) is 56.8 Å². The molecule has 0 unspecified atom stereocenters. The summed E-state index contributed by atoms with van der Waals surface area (Å²) in [6.07, 6.45) is 7.75. The van der Waals surface area contributed by atoms with Crippen molar-refractivity contribution in [3.8, 4) is 5.75 Å². The molecule has 2 nitrogen and oxygen atoms in total. The summed E-state index contributed by atoms with van der Waals surface area (Å²) in [7, 11) is 0. The number of hydrogen-bond acceptors (Lipinski definition) is 2. The van der Waals surface area contributed by atoms with Crippen LogP contribution in [0.5, 0.6) is 5.75 Å². The van der Waals surface area contributed by atoms with Gasteiger partial charge < -0.3 is 4.74 Å².